The minimum Gasteiger partial charge on any atom is -0.465 e. The fraction of sp³-hybridized carbons (Fsp3) is 0.500. The molecule has 0 aromatic carbocycles. The molecule has 1 aliphatic rings. The van der Waals surface area contributed by atoms with Gasteiger partial charge >= 0.3 is 5.97 Å². The van der Waals surface area contributed by atoms with Gasteiger partial charge in [-0.15, -0.1) is 0 Å². The molecule has 4 nitrogen and oxygen atoms in total. The first kappa shape index (κ1) is 11.1. The van der Waals surface area contributed by atoms with Crippen molar-refractivity contribution in [1.82, 2.24) is 4.98 Å². The molecule has 0 bridgehead atoms. The topological polar surface area (TPSA) is 48.4 Å². The van der Waals surface area contributed by atoms with E-state index < -0.39 is 0 Å². The molecule has 0 N–H and O–H groups in total. The lowest BCUT2D eigenvalue weighted by Crippen LogP contribution is -2.17. The Labute approximate surface area is 94.6 Å². The number of hydrogen-bond donors (Lipinski definition) is 0. The average molecular weight is 221 g/mol. The summed E-state index contributed by atoms with van der Waals surface area (Å²) in [5, 5.41) is 0. The molecule has 1 fully saturated rings. The molecule has 2 heterocycles. The van der Waals surface area contributed by atoms with Gasteiger partial charge in [0.1, 0.15) is 0 Å². The maximum absolute atomic E-state index is 11.6. The lowest BCUT2D eigenvalue weighted by Gasteiger charge is -2.23. The molecule has 16 heavy (non-hydrogen) atoms. The number of methoxy groups -OCH3 is 1. The van der Waals surface area contributed by atoms with Crippen molar-refractivity contribution in [3.63, 3.8) is 0 Å². The fourth-order valence-electron chi connectivity index (χ4n) is 2.05. The summed E-state index contributed by atoms with van der Waals surface area (Å²) < 4.78 is 10.1. The minimum absolute atomic E-state index is 0.311. The van der Waals surface area contributed by atoms with Crippen LogP contribution in [0.25, 0.3) is 0 Å². The molecule has 1 saturated heterocycles. The zero-order chi connectivity index (χ0) is 11.4. The lowest BCUT2D eigenvalue weighted by atomic mass is 9.89. The van der Waals surface area contributed by atoms with Crippen LogP contribution in [0.1, 0.15) is 34.7 Å². The third-order valence-electron chi connectivity index (χ3n) is 2.92. The van der Waals surface area contributed by atoms with Crippen molar-refractivity contribution < 1.29 is 14.3 Å². The summed E-state index contributed by atoms with van der Waals surface area (Å²) in [5.74, 6) is 0.0699. The van der Waals surface area contributed by atoms with Crippen molar-refractivity contribution in [2.24, 2.45) is 0 Å². The minimum atomic E-state index is -0.311. The number of pyridine rings is 1. The van der Waals surface area contributed by atoms with Gasteiger partial charge in [0.25, 0.3) is 0 Å². The number of nitrogens with zero attached hydrogens (tertiary/aromatic N) is 1. The van der Waals surface area contributed by atoms with Crippen LogP contribution in [0.5, 0.6) is 0 Å². The van der Waals surface area contributed by atoms with Crippen LogP contribution in [0.3, 0.4) is 0 Å². The van der Waals surface area contributed by atoms with E-state index in [9.17, 15) is 4.79 Å². The number of hydrogen-bond acceptors (Lipinski definition) is 4. The molecule has 0 atom stereocenters. The van der Waals surface area contributed by atoms with E-state index in [4.69, 9.17) is 9.47 Å². The fourth-order valence-corrected chi connectivity index (χ4v) is 2.05. The molecule has 2 rings (SSSR count). The van der Waals surface area contributed by atoms with Crippen LogP contribution < -0.4 is 0 Å². The first-order valence-corrected chi connectivity index (χ1v) is 5.43. The van der Waals surface area contributed by atoms with Gasteiger partial charge in [-0.25, -0.2) is 4.79 Å². The second-order valence-corrected chi connectivity index (χ2v) is 3.84. The van der Waals surface area contributed by atoms with Gasteiger partial charge in [0, 0.05) is 25.6 Å². The number of carbonyl (C=O) groups is 1. The molecule has 0 saturated carbocycles. The van der Waals surface area contributed by atoms with E-state index in [1.165, 1.54) is 7.11 Å². The van der Waals surface area contributed by atoms with E-state index in [2.05, 4.69) is 4.98 Å². The van der Waals surface area contributed by atoms with Gasteiger partial charge < -0.3 is 9.47 Å². The SMILES string of the molecule is COC(=O)c1cnccc1C1CCOCC1. The second-order valence-electron chi connectivity index (χ2n) is 3.84. The van der Waals surface area contributed by atoms with Crippen LogP contribution in [-0.2, 0) is 9.47 Å². The van der Waals surface area contributed by atoms with Crippen LogP contribution in [0.15, 0.2) is 18.5 Å². The highest BCUT2D eigenvalue weighted by atomic mass is 16.5. The molecule has 0 radical (unpaired) electrons. The van der Waals surface area contributed by atoms with E-state index in [1.807, 2.05) is 6.07 Å². The predicted octanol–water partition coefficient (Wildman–Crippen LogP) is 1.76. The summed E-state index contributed by atoms with van der Waals surface area (Å²) in [7, 11) is 1.39. The molecule has 1 aromatic heterocycles. The Kier molecular flexibility index (Phi) is 3.51. The number of carbonyl (C=O) groups excluding carboxylic acids is 1. The van der Waals surface area contributed by atoms with Crippen molar-refractivity contribution in [2.75, 3.05) is 20.3 Å². The van der Waals surface area contributed by atoms with Gasteiger partial charge in [0.2, 0.25) is 0 Å². The zero-order valence-electron chi connectivity index (χ0n) is 9.31. The highest BCUT2D eigenvalue weighted by Gasteiger charge is 2.21. The molecule has 1 aromatic rings. The summed E-state index contributed by atoms with van der Waals surface area (Å²) in [6.45, 7) is 1.52. The predicted molar refractivity (Wildman–Crippen MR) is 58.4 cm³/mol. The molecule has 1 aliphatic heterocycles. The molecule has 0 unspecified atom stereocenters. The van der Waals surface area contributed by atoms with Crippen LogP contribution in [-0.4, -0.2) is 31.3 Å². The van der Waals surface area contributed by atoms with Crippen LogP contribution in [0.4, 0.5) is 0 Å². The first-order chi connectivity index (χ1) is 7.83. The van der Waals surface area contributed by atoms with Gasteiger partial charge in [-0.2, -0.15) is 0 Å². The summed E-state index contributed by atoms with van der Waals surface area (Å²) in [6.07, 6.45) is 5.20. The Hall–Kier alpha value is -1.42. The molecule has 0 spiro atoms. The largest absolute Gasteiger partial charge is 0.465 e. The first-order valence-electron chi connectivity index (χ1n) is 5.43. The maximum atomic E-state index is 11.6. The van der Waals surface area contributed by atoms with Crippen molar-refractivity contribution in [3.8, 4) is 0 Å². The van der Waals surface area contributed by atoms with E-state index in [1.54, 1.807) is 12.4 Å². The number of esters is 1. The average Bonchev–Trinajstić information content (AvgIpc) is 2.39. The zero-order valence-corrected chi connectivity index (χ0v) is 9.31. The summed E-state index contributed by atoms with van der Waals surface area (Å²) in [6, 6.07) is 1.90. The van der Waals surface area contributed by atoms with Crippen molar-refractivity contribution >= 4 is 5.97 Å². The Balaban J connectivity index is 2.28. The molecular formula is C12H15NO3. The molecule has 86 valence electrons. The normalized spacial score (nSPS) is 17.1. The monoisotopic (exact) mass is 221 g/mol. The van der Waals surface area contributed by atoms with Gasteiger partial charge in [0.15, 0.2) is 0 Å². The standard InChI is InChI=1S/C12H15NO3/c1-15-12(14)11-8-13-5-2-10(11)9-3-6-16-7-4-9/h2,5,8-9H,3-4,6-7H2,1H3. The Morgan fingerprint density at radius 1 is 1.50 bits per heavy atom. The molecule has 0 amide bonds. The van der Waals surface area contributed by atoms with Crippen molar-refractivity contribution in [1.29, 1.82) is 0 Å². The van der Waals surface area contributed by atoms with Gasteiger partial charge in [-0.1, -0.05) is 0 Å². The van der Waals surface area contributed by atoms with Gasteiger partial charge in [-0.05, 0) is 30.4 Å². The van der Waals surface area contributed by atoms with Crippen LogP contribution in [0.2, 0.25) is 0 Å². The number of rotatable bonds is 2. The molecular weight excluding hydrogens is 206 g/mol. The van der Waals surface area contributed by atoms with E-state index in [0.717, 1.165) is 31.6 Å². The second kappa shape index (κ2) is 5.07. The Morgan fingerprint density at radius 3 is 2.94 bits per heavy atom. The number of aromatic nitrogens is 1. The quantitative estimate of drug-likeness (QED) is 0.714. The highest BCUT2D eigenvalue weighted by Crippen LogP contribution is 2.29. The summed E-state index contributed by atoms with van der Waals surface area (Å²) >= 11 is 0. The van der Waals surface area contributed by atoms with Crippen LogP contribution in [0, 0.1) is 0 Å². The van der Waals surface area contributed by atoms with E-state index in [0.29, 0.717) is 11.5 Å². The van der Waals surface area contributed by atoms with E-state index in [-0.39, 0.29) is 5.97 Å². The van der Waals surface area contributed by atoms with Gasteiger partial charge in [0.05, 0.1) is 12.7 Å². The Bertz CT molecular complexity index is 372. The summed E-state index contributed by atoms with van der Waals surface area (Å²) in [4.78, 5) is 15.6. The smallest absolute Gasteiger partial charge is 0.339 e. The maximum Gasteiger partial charge on any atom is 0.339 e. The summed E-state index contributed by atoms with van der Waals surface area (Å²) in [5.41, 5.74) is 1.61. The van der Waals surface area contributed by atoms with Crippen molar-refractivity contribution in [3.05, 3.63) is 29.6 Å². The third-order valence-corrected chi connectivity index (χ3v) is 2.92. The Morgan fingerprint density at radius 2 is 2.25 bits per heavy atom. The highest BCUT2D eigenvalue weighted by molar-refractivity contribution is 5.90. The van der Waals surface area contributed by atoms with Crippen LogP contribution >= 0.6 is 0 Å². The molecule has 4 heteroatoms. The van der Waals surface area contributed by atoms with Gasteiger partial charge in [-0.3, -0.25) is 4.98 Å². The molecule has 0 aliphatic carbocycles. The number of ether oxygens (including phenoxy) is 2. The third kappa shape index (κ3) is 2.22. The lowest BCUT2D eigenvalue weighted by molar-refractivity contribution is 0.0592. The van der Waals surface area contributed by atoms with E-state index >= 15 is 0 Å². The van der Waals surface area contributed by atoms with Crippen molar-refractivity contribution in [2.45, 2.75) is 18.8 Å².